The number of carbonyl (C=O) groups is 1. The van der Waals surface area contributed by atoms with Gasteiger partial charge in [0.1, 0.15) is 5.82 Å². The first-order valence-electron chi connectivity index (χ1n) is 9.10. The first kappa shape index (κ1) is 17.9. The lowest BCUT2D eigenvalue weighted by molar-refractivity contribution is 0.0952. The Morgan fingerprint density at radius 2 is 1.68 bits per heavy atom. The Hall–Kier alpha value is -3.53. The zero-order valence-corrected chi connectivity index (χ0v) is 15.4. The minimum absolute atomic E-state index is 0.127. The van der Waals surface area contributed by atoms with Gasteiger partial charge in [0.2, 0.25) is 0 Å². The van der Waals surface area contributed by atoms with Gasteiger partial charge in [-0.15, -0.1) is 0 Å². The van der Waals surface area contributed by atoms with Crippen molar-refractivity contribution in [2.45, 2.75) is 13.5 Å². The van der Waals surface area contributed by atoms with E-state index in [2.05, 4.69) is 5.32 Å². The highest BCUT2D eigenvalue weighted by Gasteiger charge is 2.14. The predicted octanol–water partition coefficient (Wildman–Crippen LogP) is 5.28. The Morgan fingerprint density at radius 3 is 2.46 bits per heavy atom. The number of carbonyl (C=O) groups excluding carboxylic acids is 1. The van der Waals surface area contributed by atoms with Crippen molar-refractivity contribution in [2.24, 2.45) is 0 Å². The van der Waals surface area contributed by atoms with E-state index in [0.717, 1.165) is 27.7 Å². The molecule has 3 aromatic carbocycles. The zero-order valence-electron chi connectivity index (χ0n) is 15.4. The lowest BCUT2D eigenvalue weighted by Crippen LogP contribution is -2.23. The molecule has 138 valence electrons. The maximum Gasteiger partial charge on any atom is 0.252 e. The monoisotopic (exact) mass is 370 g/mol. The molecule has 0 fully saturated rings. The van der Waals surface area contributed by atoms with Crippen LogP contribution in [0.15, 0.2) is 78.9 Å². The van der Waals surface area contributed by atoms with Crippen LogP contribution in [0.1, 0.15) is 21.5 Å². The molecule has 28 heavy (non-hydrogen) atoms. The average Bonchev–Trinajstić information content (AvgIpc) is 2.72. The van der Waals surface area contributed by atoms with Gasteiger partial charge in [-0.1, -0.05) is 66.2 Å². The molecule has 1 amide bonds. The van der Waals surface area contributed by atoms with Crippen LogP contribution in [0, 0.1) is 12.7 Å². The van der Waals surface area contributed by atoms with E-state index in [-0.39, 0.29) is 18.3 Å². The normalized spacial score (nSPS) is 10.8. The van der Waals surface area contributed by atoms with Crippen LogP contribution in [0.4, 0.5) is 4.39 Å². The minimum atomic E-state index is -0.331. The van der Waals surface area contributed by atoms with E-state index < -0.39 is 0 Å². The summed E-state index contributed by atoms with van der Waals surface area (Å²) in [7, 11) is 0. The lowest BCUT2D eigenvalue weighted by Gasteiger charge is -2.11. The van der Waals surface area contributed by atoms with E-state index in [4.69, 9.17) is 4.98 Å². The molecule has 0 bridgehead atoms. The van der Waals surface area contributed by atoms with Gasteiger partial charge < -0.3 is 5.32 Å². The third-order valence-corrected chi connectivity index (χ3v) is 4.71. The summed E-state index contributed by atoms with van der Waals surface area (Å²) < 4.78 is 13.9. The number of hydrogen-bond donors (Lipinski definition) is 1. The Bertz CT molecular complexity index is 1150. The van der Waals surface area contributed by atoms with Crippen molar-refractivity contribution < 1.29 is 9.18 Å². The Kier molecular flexibility index (Phi) is 4.85. The standard InChI is InChI=1S/C24H19FN2O/c1-16-10-12-17(13-11-16)23-14-20(19-7-3-5-9-22(19)27-23)24(28)26-15-18-6-2-4-8-21(18)25/h2-14H,15H2,1H3,(H,26,28). The lowest BCUT2D eigenvalue weighted by atomic mass is 10.0. The van der Waals surface area contributed by atoms with Crippen molar-refractivity contribution in [2.75, 3.05) is 0 Å². The predicted molar refractivity (Wildman–Crippen MR) is 109 cm³/mol. The van der Waals surface area contributed by atoms with E-state index >= 15 is 0 Å². The summed E-state index contributed by atoms with van der Waals surface area (Å²) >= 11 is 0. The van der Waals surface area contributed by atoms with Crippen LogP contribution in [0.3, 0.4) is 0 Å². The summed E-state index contributed by atoms with van der Waals surface area (Å²) in [5, 5.41) is 3.60. The Morgan fingerprint density at radius 1 is 0.964 bits per heavy atom. The third-order valence-electron chi connectivity index (χ3n) is 4.71. The molecule has 1 N–H and O–H groups in total. The molecule has 0 aliphatic rings. The fraction of sp³-hybridized carbons (Fsp3) is 0.0833. The number of rotatable bonds is 4. The van der Waals surface area contributed by atoms with Crippen LogP contribution >= 0.6 is 0 Å². The number of halogens is 1. The molecular formula is C24H19FN2O. The molecule has 1 heterocycles. The van der Waals surface area contributed by atoms with Gasteiger partial charge in [-0.25, -0.2) is 9.37 Å². The largest absolute Gasteiger partial charge is 0.348 e. The highest BCUT2D eigenvalue weighted by Crippen LogP contribution is 2.25. The summed E-state index contributed by atoms with van der Waals surface area (Å²) in [6.45, 7) is 2.15. The van der Waals surface area contributed by atoms with Gasteiger partial charge >= 0.3 is 0 Å². The summed E-state index contributed by atoms with van der Waals surface area (Å²) in [5.74, 6) is -0.585. The second kappa shape index (κ2) is 7.61. The summed E-state index contributed by atoms with van der Waals surface area (Å²) in [6, 6.07) is 23.8. The summed E-state index contributed by atoms with van der Waals surface area (Å²) in [4.78, 5) is 17.6. The smallest absolute Gasteiger partial charge is 0.252 e. The highest BCUT2D eigenvalue weighted by molar-refractivity contribution is 6.07. The topological polar surface area (TPSA) is 42.0 Å². The van der Waals surface area contributed by atoms with Gasteiger partial charge in [-0.05, 0) is 25.1 Å². The second-order valence-corrected chi connectivity index (χ2v) is 6.71. The number of benzene rings is 3. The molecule has 4 aromatic rings. The maximum atomic E-state index is 13.9. The Balaban J connectivity index is 1.71. The number of aryl methyl sites for hydroxylation is 1. The fourth-order valence-electron chi connectivity index (χ4n) is 3.15. The number of pyridine rings is 1. The van der Waals surface area contributed by atoms with Gasteiger partial charge in [0.15, 0.2) is 0 Å². The van der Waals surface area contributed by atoms with Gasteiger partial charge in [-0.3, -0.25) is 4.79 Å². The number of nitrogens with zero attached hydrogens (tertiary/aromatic N) is 1. The zero-order chi connectivity index (χ0) is 19.5. The minimum Gasteiger partial charge on any atom is -0.348 e. The number of hydrogen-bond acceptors (Lipinski definition) is 2. The molecule has 0 saturated carbocycles. The quantitative estimate of drug-likeness (QED) is 0.531. The van der Waals surface area contributed by atoms with Crippen LogP contribution in [-0.2, 0) is 6.54 Å². The van der Waals surface area contributed by atoms with Crippen LogP contribution in [0.25, 0.3) is 22.2 Å². The van der Waals surface area contributed by atoms with Crippen LogP contribution in [0.5, 0.6) is 0 Å². The number of para-hydroxylation sites is 1. The van der Waals surface area contributed by atoms with Gasteiger partial charge in [0, 0.05) is 23.1 Å². The van der Waals surface area contributed by atoms with Crippen molar-refractivity contribution in [3.8, 4) is 11.3 Å². The maximum absolute atomic E-state index is 13.9. The van der Waals surface area contributed by atoms with Crippen molar-refractivity contribution in [1.82, 2.24) is 10.3 Å². The molecule has 0 spiro atoms. The molecule has 0 radical (unpaired) electrons. The van der Waals surface area contributed by atoms with E-state index in [1.807, 2.05) is 55.5 Å². The van der Waals surface area contributed by atoms with Crippen molar-refractivity contribution >= 4 is 16.8 Å². The summed E-state index contributed by atoms with van der Waals surface area (Å²) in [6.07, 6.45) is 0. The number of aromatic nitrogens is 1. The van der Waals surface area contributed by atoms with Crippen LogP contribution < -0.4 is 5.32 Å². The van der Waals surface area contributed by atoms with E-state index in [0.29, 0.717) is 11.1 Å². The SMILES string of the molecule is Cc1ccc(-c2cc(C(=O)NCc3ccccc3F)c3ccccc3n2)cc1. The van der Waals surface area contributed by atoms with Gasteiger partial charge in [0.05, 0.1) is 16.8 Å². The van der Waals surface area contributed by atoms with Crippen LogP contribution in [-0.4, -0.2) is 10.9 Å². The van der Waals surface area contributed by atoms with Crippen LogP contribution in [0.2, 0.25) is 0 Å². The fourth-order valence-corrected chi connectivity index (χ4v) is 3.15. The highest BCUT2D eigenvalue weighted by atomic mass is 19.1. The van der Waals surface area contributed by atoms with Crippen molar-refractivity contribution in [3.05, 3.63) is 101 Å². The van der Waals surface area contributed by atoms with Crippen molar-refractivity contribution in [1.29, 1.82) is 0 Å². The summed E-state index contributed by atoms with van der Waals surface area (Å²) in [5.41, 5.74) is 4.56. The molecule has 0 atom stereocenters. The van der Waals surface area contributed by atoms with E-state index in [9.17, 15) is 9.18 Å². The number of fused-ring (bicyclic) bond motifs is 1. The molecule has 4 rings (SSSR count). The molecular weight excluding hydrogens is 351 g/mol. The molecule has 4 heteroatoms. The number of nitrogens with one attached hydrogen (secondary N) is 1. The molecule has 1 aromatic heterocycles. The van der Waals surface area contributed by atoms with Gasteiger partial charge in [0.25, 0.3) is 5.91 Å². The molecule has 0 saturated heterocycles. The average molecular weight is 370 g/mol. The molecule has 0 unspecified atom stereocenters. The van der Waals surface area contributed by atoms with Crippen molar-refractivity contribution in [3.63, 3.8) is 0 Å². The molecule has 0 aliphatic heterocycles. The Labute approximate surface area is 162 Å². The first-order valence-corrected chi connectivity index (χ1v) is 9.10. The number of amides is 1. The molecule has 3 nitrogen and oxygen atoms in total. The third kappa shape index (κ3) is 3.62. The second-order valence-electron chi connectivity index (χ2n) is 6.71. The molecule has 0 aliphatic carbocycles. The van der Waals surface area contributed by atoms with Gasteiger partial charge in [-0.2, -0.15) is 0 Å². The van der Waals surface area contributed by atoms with E-state index in [1.54, 1.807) is 24.3 Å². The first-order chi connectivity index (χ1) is 13.6. The van der Waals surface area contributed by atoms with E-state index in [1.165, 1.54) is 6.07 Å².